The normalized spacial score (nSPS) is 13.8. The van der Waals surface area contributed by atoms with Gasteiger partial charge in [0.15, 0.2) is 0 Å². The highest BCUT2D eigenvalue weighted by Gasteiger charge is 2.14. The van der Waals surface area contributed by atoms with Crippen molar-refractivity contribution in [2.24, 2.45) is 0 Å². The van der Waals surface area contributed by atoms with Crippen molar-refractivity contribution in [2.45, 2.75) is 25.8 Å². The predicted octanol–water partition coefficient (Wildman–Crippen LogP) is 2.81. The fraction of sp³-hybridized carbons (Fsp3) is 0.421. The minimum Gasteiger partial charge on any atom is -0.497 e. The third-order valence-corrected chi connectivity index (χ3v) is 4.38. The molecule has 0 bridgehead atoms. The molecule has 0 spiro atoms. The number of benzene rings is 1. The third-order valence-electron chi connectivity index (χ3n) is 4.38. The van der Waals surface area contributed by atoms with Crippen LogP contribution in [-0.2, 0) is 6.54 Å². The van der Waals surface area contributed by atoms with Crippen molar-refractivity contribution in [2.75, 3.05) is 37.5 Å². The van der Waals surface area contributed by atoms with Gasteiger partial charge in [0.05, 0.1) is 26.5 Å². The Morgan fingerprint density at radius 2 is 1.81 bits per heavy atom. The number of hydrogen-bond donors (Lipinski definition) is 2. The van der Waals surface area contributed by atoms with Crippen molar-refractivity contribution in [1.82, 2.24) is 15.3 Å². The van der Waals surface area contributed by atoms with Crippen LogP contribution in [0.4, 0.5) is 16.4 Å². The van der Waals surface area contributed by atoms with Crippen LogP contribution >= 0.6 is 0 Å². The fourth-order valence-electron chi connectivity index (χ4n) is 2.96. The second kappa shape index (κ2) is 9.07. The van der Waals surface area contributed by atoms with Crippen molar-refractivity contribution in [3.8, 4) is 11.5 Å². The summed E-state index contributed by atoms with van der Waals surface area (Å²) >= 11 is 0. The average molecular weight is 371 g/mol. The largest absolute Gasteiger partial charge is 0.497 e. The van der Waals surface area contributed by atoms with Crippen molar-refractivity contribution in [1.29, 1.82) is 0 Å². The van der Waals surface area contributed by atoms with E-state index in [9.17, 15) is 4.79 Å². The maximum absolute atomic E-state index is 12.2. The first-order valence-electron chi connectivity index (χ1n) is 9.03. The number of rotatable bonds is 6. The Morgan fingerprint density at radius 1 is 1.11 bits per heavy atom. The molecule has 27 heavy (non-hydrogen) atoms. The number of anilines is 2. The summed E-state index contributed by atoms with van der Waals surface area (Å²) in [4.78, 5) is 23.3. The number of aromatic nitrogens is 2. The topological polar surface area (TPSA) is 88.6 Å². The van der Waals surface area contributed by atoms with E-state index in [2.05, 4.69) is 25.5 Å². The van der Waals surface area contributed by atoms with Gasteiger partial charge in [-0.15, -0.1) is 0 Å². The number of urea groups is 1. The van der Waals surface area contributed by atoms with Gasteiger partial charge in [0, 0.05) is 43.2 Å². The molecule has 2 aromatic rings. The SMILES string of the molecule is COc1cc(NC(=O)NCc2ccnc(N3CCCCC3)n2)cc(OC)c1. The Morgan fingerprint density at radius 3 is 2.48 bits per heavy atom. The summed E-state index contributed by atoms with van der Waals surface area (Å²) in [5, 5.41) is 5.59. The van der Waals surface area contributed by atoms with Crippen LogP contribution in [0.1, 0.15) is 25.0 Å². The van der Waals surface area contributed by atoms with Gasteiger partial charge in [-0.05, 0) is 25.3 Å². The summed E-state index contributed by atoms with van der Waals surface area (Å²) in [6, 6.07) is 6.67. The highest BCUT2D eigenvalue weighted by molar-refractivity contribution is 5.89. The van der Waals surface area contributed by atoms with Gasteiger partial charge in [0.25, 0.3) is 0 Å². The van der Waals surface area contributed by atoms with Gasteiger partial charge in [-0.3, -0.25) is 0 Å². The van der Waals surface area contributed by atoms with Crippen molar-refractivity contribution < 1.29 is 14.3 Å². The maximum Gasteiger partial charge on any atom is 0.319 e. The molecule has 0 radical (unpaired) electrons. The van der Waals surface area contributed by atoms with Crippen LogP contribution < -0.4 is 25.0 Å². The van der Waals surface area contributed by atoms with Crippen molar-refractivity contribution >= 4 is 17.7 Å². The van der Waals surface area contributed by atoms with Crippen LogP contribution in [0.25, 0.3) is 0 Å². The van der Waals surface area contributed by atoms with E-state index in [1.807, 2.05) is 6.07 Å². The molecule has 1 aliphatic rings. The van der Waals surface area contributed by atoms with Gasteiger partial charge < -0.3 is 25.0 Å². The van der Waals surface area contributed by atoms with Crippen LogP contribution in [0.2, 0.25) is 0 Å². The zero-order chi connectivity index (χ0) is 19.1. The summed E-state index contributed by atoms with van der Waals surface area (Å²) in [6.07, 6.45) is 5.32. The molecule has 2 heterocycles. The Kier molecular flexibility index (Phi) is 6.30. The molecule has 0 saturated carbocycles. The van der Waals surface area contributed by atoms with Crippen molar-refractivity contribution in [3.63, 3.8) is 0 Å². The fourth-order valence-corrected chi connectivity index (χ4v) is 2.96. The maximum atomic E-state index is 12.2. The summed E-state index contributed by atoms with van der Waals surface area (Å²) in [6.45, 7) is 2.28. The van der Waals surface area contributed by atoms with E-state index in [0.29, 0.717) is 23.7 Å². The number of hydrogen-bond acceptors (Lipinski definition) is 6. The van der Waals surface area contributed by atoms with Crippen molar-refractivity contribution in [3.05, 3.63) is 36.2 Å². The Hall–Kier alpha value is -3.03. The standard InChI is InChI=1S/C19H25N5O3/c1-26-16-10-15(11-17(12-16)27-2)23-19(25)21-13-14-6-7-20-18(22-14)24-8-4-3-5-9-24/h6-7,10-12H,3-5,8-9,13H2,1-2H3,(H2,21,23,25). The molecule has 8 nitrogen and oxygen atoms in total. The minimum atomic E-state index is -0.330. The average Bonchev–Trinajstić information content (AvgIpc) is 2.72. The second-order valence-electron chi connectivity index (χ2n) is 6.30. The Labute approximate surface area is 158 Å². The third kappa shape index (κ3) is 5.22. The first-order valence-corrected chi connectivity index (χ1v) is 9.03. The molecular weight excluding hydrogens is 346 g/mol. The van der Waals surface area contributed by atoms with Crippen LogP contribution in [0.15, 0.2) is 30.5 Å². The lowest BCUT2D eigenvalue weighted by atomic mass is 10.1. The number of carbonyl (C=O) groups is 1. The van der Waals surface area contributed by atoms with Gasteiger partial charge in [-0.1, -0.05) is 0 Å². The lowest BCUT2D eigenvalue weighted by Crippen LogP contribution is -2.32. The molecule has 144 valence electrons. The van der Waals surface area contributed by atoms with E-state index in [0.717, 1.165) is 37.6 Å². The van der Waals surface area contributed by atoms with E-state index < -0.39 is 0 Å². The molecule has 1 aromatic heterocycles. The lowest BCUT2D eigenvalue weighted by molar-refractivity contribution is 0.251. The quantitative estimate of drug-likeness (QED) is 0.812. The first-order chi connectivity index (χ1) is 13.2. The van der Waals surface area contributed by atoms with Crippen LogP contribution in [0, 0.1) is 0 Å². The molecule has 2 amide bonds. The Bertz CT molecular complexity index is 755. The van der Waals surface area contributed by atoms with Gasteiger partial charge in [0.2, 0.25) is 5.95 Å². The van der Waals surface area contributed by atoms with E-state index in [1.165, 1.54) is 6.42 Å². The monoisotopic (exact) mass is 371 g/mol. The highest BCUT2D eigenvalue weighted by atomic mass is 16.5. The highest BCUT2D eigenvalue weighted by Crippen LogP contribution is 2.25. The Balaban J connectivity index is 1.58. The molecule has 1 fully saturated rings. The van der Waals surface area contributed by atoms with Gasteiger partial charge in [0.1, 0.15) is 11.5 Å². The second-order valence-corrected chi connectivity index (χ2v) is 6.30. The summed E-state index contributed by atoms with van der Waals surface area (Å²) in [5.74, 6) is 1.94. The van der Waals surface area contributed by atoms with Gasteiger partial charge >= 0.3 is 6.03 Å². The molecule has 0 aliphatic carbocycles. The molecule has 3 rings (SSSR count). The smallest absolute Gasteiger partial charge is 0.319 e. The van der Waals surface area contributed by atoms with Gasteiger partial charge in [-0.2, -0.15) is 0 Å². The molecule has 0 unspecified atom stereocenters. The number of nitrogens with zero attached hydrogens (tertiary/aromatic N) is 3. The first kappa shape index (κ1) is 18.8. The molecule has 0 atom stereocenters. The molecule has 8 heteroatoms. The zero-order valence-electron chi connectivity index (χ0n) is 15.7. The van der Waals surface area contributed by atoms with E-state index in [-0.39, 0.29) is 6.03 Å². The molecule has 1 aromatic carbocycles. The summed E-state index contributed by atoms with van der Waals surface area (Å²) < 4.78 is 10.4. The molecule has 1 saturated heterocycles. The van der Waals surface area contributed by atoms with Crippen LogP contribution in [0.5, 0.6) is 11.5 Å². The van der Waals surface area contributed by atoms with Crippen LogP contribution in [0.3, 0.4) is 0 Å². The van der Waals surface area contributed by atoms with E-state index >= 15 is 0 Å². The number of ether oxygens (including phenoxy) is 2. The molecular formula is C19H25N5O3. The number of nitrogens with one attached hydrogen (secondary N) is 2. The minimum absolute atomic E-state index is 0.316. The van der Waals surface area contributed by atoms with Gasteiger partial charge in [-0.25, -0.2) is 14.8 Å². The molecule has 1 aliphatic heterocycles. The van der Waals surface area contributed by atoms with E-state index in [4.69, 9.17) is 9.47 Å². The number of piperidine rings is 1. The van der Waals surface area contributed by atoms with Crippen LogP contribution in [-0.4, -0.2) is 43.3 Å². The van der Waals surface area contributed by atoms with E-state index in [1.54, 1.807) is 38.6 Å². The zero-order valence-corrected chi connectivity index (χ0v) is 15.7. The summed E-state index contributed by atoms with van der Waals surface area (Å²) in [7, 11) is 3.13. The number of methoxy groups -OCH3 is 2. The number of amides is 2. The predicted molar refractivity (Wildman–Crippen MR) is 104 cm³/mol. The molecule has 2 N–H and O–H groups in total. The lowest BCUT2D eigenvalue weighted by Gasteiger charge is -2.26. The summed E-state index contributed by atoms with van der Waals surface area (Å²) in [5.41, 5.74) is 1.35. The number of carbonyl (C=O) groups excluding carboxylic acids is 1.